The highest BCUT2D eigenvalue weighted by atomic mass is 19.4. The van der Waals surface area contributed by atoms with Crippen molar-refractivity contribution in [2.45, 2.75) is 13.1 Å². The topological polar surface area (TPSA) is 36.8 Å². The standard InChI is InChI=1S/C22H20F3N3/c1-3-15(10-11-26-2)16-8-9-20-18(14-16)21(28-13-12-27-20)17-6-4-5-7-19(17)22(23,24)25/h3-11,14,27H,2,12-13H2,1H3/b11-10-,15-3+. The van der Waals surface area contributed by atoms with E-state index in [0.717, 1.165) is 22.9 Å². The molecule has 0 aliphatic carbocycles. The Bertz CT molecular complexity index is 969. The average Bonchev–Trinajstić information content (AvgIpc) is 2.90. The summed E-state index contributed by atoms with van der Waals surface area (Å²) in [6, 6.07) is 11.2. The molecular weight excluding hydrogens is 363 g/mol. The van der Waals surface area contributed by atoms with Crippen molar-refractivity contribution >= 4 is 23.7 Å². The van der Waals surface area contributed by atoms with Crippen LogP contribution in [0.25, 0.3) is 5.57 Å². The van der Waals surface area contributed by atoms with E-state index in [9.17, 15) is 13.2 Å². The third kappa shape index (κ3) is 4.06. The first-order valence-corrected chi connectivity index (χ1v) is 8.84. The Morgan fingerprint density at radius 1 is 1.18 bits per heavy atom. The molecule has 3 nitrogen and oxygen atoms in total. The predicted octanol–water partition coefficient (Wildman–Crippen LogP) is 5.59. The van der Waals surface area contributed by atoms with Crippen molar-refractivity contribution in [1.82, 2.24) is 0 Å². The molecule has 2 aromatic carbocycles. The summed E-state index contributed by atoms with van der Waals surface area (Å²) >= 11 is 0. The van der Waals surface area contributed by atoms with Crippen LogP contribution in [0, 0.1) is 0 Å². The van der Waals surface area contributed by atoms with Crippen molar-refractivity contribution < 1.29 is 13.2 Å². The first-order valence-electron chi connectivity index (χ1n) is 8.84. The summed E-state index contributed by atoms with van der Waals surface area (Å²) in [5, 5.41) is 3.25. The van der Waals surface area contributed by atoms with Crippen LogP contribution in [-0.2, 0) is 6.18 Å². The number of fused-ring (bicyclic) bond motifs is 1. The van der Waals surface area contributed by atoms with Gasteiger partial charge in [-0.05, 0) is 49.1 Å². The number of nitrogens with one attached hydrogen (secondary N) is 1. The number of aliphatic imine (C=N–C) groups is 2. The van der Waals surface area contributed by atoms with Gasteiger partial charge in [0.05, 0.1) is 17.8 Å². The van der Waals surface area contributed by atoms with E-state index in [2.05, 4.69) is 22.0 Å². The second-order valence-corrected chi connectivity index (χ2v) is 6.20. The Balaban J connectivity index is 2.18. The molecule has 0 bridgehead atoms. The molecule has 0 amide bonds. The summed E-state index contributed by atoms with van der Waals surface area (Å²) in [6.45, 7) is 6.27. The van der Waals surface area contributed by atoms with Gasteiger partial charge in [0.25, 0.3) is 0 Å². The molecule has 0 fully saturated rings. The maximum Gasteiger partial charge on any atom is 0.417 e. The predicted molar refractivity (Wildman–Crippen MR) is 109 cm³/mol. The molecule has 3 rings (SSSR count). The Morgan fingerprint density at radius 3 is 2.68 bits per heavy atom. The van der Waals surface area contributed by atoms with E-state index in [-0.39, 0.29) is 5.56 Å². The van der Waals surface area contributed by atoms with Gasteiger partial charge in [0.2, 0.25) is 0 Å². The molecular formula is C22H20F3N3. The van der Waals surface area contributed by atoms with Gasteiger partial charge in [0, 0.05) is 29.6 Å². The highest BCUT2D eigenvalue weighted by Crippen LogP contribution is 2.35. The third-order valence-electron chi connectivity index (χ3n) is 4.46. The quantitative estimate of drug-likeness (QED) is 0.543. The molecule has 28 heavy (non-hydrogen) atoms. The maximum atomic E-state index is 13.6. The van der Waals surface area contributed by atoms with E-state index < -0.39 is 11.7 Å². The van der Waals surface area contributed by atoms with Gasteiger partial charge < -0.3 is 5.32 Å². The smallest absolute Gasteiger partial charge is 0.383 e. The van der Waals surface area contributed by atoms with Gasteiger partial charge in [0.15, 0.2) is 0 Å². The second-order valence-electron chi connectivity index (χ2n) is 6.20. The molecule has 0 saturated heterocycles. The van der Waals surface area contributed by atoms with Crippen LogP contribution in [-0.4, -0.2) is 25.5 Å². The zero-order chi connectivity index (χ0) is 20.1. The summed E-state index contributed by atoms with van der Waals surface area (Å²) in [5.74, 6) is 0. The van der Waals surface area contributed by atoms with Crippen LogP contribution in [0.15, 0.2) is 70.8 Å². The van der Waals surface area contributed by atoms with Gasteiger partial charge in [-0.25, -0.2) is 0 Å². The van der Waals surface area contributed by atoms with Crippen LogP contribution >= 0.6 is 0 Å². The summed E-state index contributed by atoms with van der Waals surface area (Å²) < 4.78 is 40.7. The van der Waals surface area contributed by atoms with Crippen LogP contribution < -0.4 is 5.32 Å². The average molecular weight is 383 g/mol. The fraction of sp³-hybridized carbons (Fsp3) is 0.182. The molecule has 0 radical (unpaired) electrons. The van der Waals surface area contributed by atoms with Crippen molar-refractivity contribution in [3.05, 3.63) is 83.1 Å². The molecule has 0 saturated carbocycles. The number of benzene rings is 2. The summed E-state index contributed by atoms with van der Waals surface area (Å²) in [5.41, 5.74) is 2.90. The molecule has 0 spiro atoms. The maximum absolute atomic E-state index is 13.6. The molecule has 1 aliphatic rings. The Hall–Kier alpha value is -3.15. The van der Waals surface area contributed by atoms with Gasteiger partial charge >= 0.3 is 6.18 Å². The number of benzodiazepines with no additional fused rings is 1. The molecule has 0 atom stereocenters. The second kappa shape index (κ2) is 8.25. The van der Waals surface area contributed by atoms with Gasteiger partial charge in [0.1, 0.15) is 0 Å². The fourth-order valence-corrected chi connectivity index (χ4v) is 3.18. The van der Waals surface area contributed by atoms with Crippen LogP contribution in [0.1, 0.15) is 29.2 Å². The first kappa shape index (κ1) is 19.6. The molecule has 1 heterocycles. The van der Waals surface area contributed by atoms with Gasteiger partial charge in [-0.3, -0.25) is 9.98 Å². The van der Waals surface area contributed by atoms with E-state index in [1.165, 1.54) is 12.1 Å². The van der Waals surface area contributed by atoms with Gasteiger partial charge in [-0.2, -0.15) is 13.2 Å². The van der Waals surface area contributed by atoms with Crippen LogP contribution in [0.2, 0.25) is 0 Å². The largest absolute Gasteiger partial charge is 0.417 e. The number of hydrogen-bond acceptors (Lipinski definition) is 3. The van der Waals surface area contributed by atoms with E-state index in [1.807, 2.05) is 31.2 Å². The van der Waals surface area contributed by atoms with Gasteiger partial charge in [-0.15, -0.1) is 0 Å². The highest BCUT2D eigenvalue weighted by Gasteiger charge is 2.35. The SMILES string of the molecule is C=N/C=C\C(=C/C)c1ccc2c(c1)C(c1ccccc1C(F)(F)F)=NCCN2. The lowest BCUT2D eigenvalue weighted by Gasteiger charge is -2.17. The molecule has 6 heteroatoms. The lowest BCUT2D eigenvalue weighted by atomic mass is 9.93. The third-order valence-corrected chi connectivity index (χ3v) is 4.46. The molecule has 0 unspecified atom stereocenters. The summed E-state index contributed by atoms with van der Waals surface area (Å²) in [4.78, 5) is 8.21. The number of nitrogens with zero attached hydrogens (tertiary/aromatic N) is 2. The van der Waals surface area contributed by atoms with Crippen LogP contribution in [0.5, 0.6) is 0 Å². The van der Waals surface area contributed by atoms with E-state index in [0.29, 0.717) is 24.4 Å². The number of anilines is 1. The van der Waals surface area contributed by atoms with E-state index in [1.54, 1.807) is 18.3 Å². The minimum Gasteiger partial charge on any atom is -0.383 e. The molecule has 2 aromatic rings. The molecule has 0 aromatic heterocycles. The van der Waals surface area contributed by atoms with Crippen molar-refractivity contribution in [3.63, 3.8) is 0 Å². The van der Waals surface area contributed by atoms with Crippen molar-refractivity contribution in [2.75, 3.05) is 18.4 Å². The number of allylic oxidation sites excluding steroid dienone is 3. The molecule has 1 N–H and O–H groups in total. The van der Waals surface area contributed by atoms with Gasteiger partial charge in [-0.1, -0.05) is 30.3 Å². The Kier molecular flexibility index (Phi) is 5.78. The molecule has 144 valence electrons. The van der Waals surface area contributed by atoms with Crippen molar-refractivity contribution in [1.29, 1.82) is 0 Å². The lowest BCUT2D eigenvalue weighted by Crippen LogP contribution is -2.15. The van der Waals surface area contributed by atoms with E-state index >= 15 is 0 Å². The fourth-order valence-electron chi connectivity index (χ4n) is 3.18. The lowest BCUT2D eigenvalue weighted by molar-refractivity contribution is -0.137. The zero-order valence-electron chi connectivity index (χ0n) is 15.4. The van der Waals surface area contributed by atoms with Crippen molar-refractivity contribution in [3.8, 4) is 0 Å². The number of hydrogen-bond donors (Lipinski definition) is 1. The number of halogens is 3. The normalized spacial score (nSPS) is 14.9. The minimum atomic E-state index is -4.45. The molecule has 1 aliphatic heterocycles. The van der Waals surface area contributed by atoms with Crippen molar-refractivity contribution in [2.24, 2.45) is 9.98 Å². The first-order chi connectivity index (χ1) is 13.5. The monoisotopic (exact) mass is 383 g/mol. The van der Waals surface area contributed by atoms with Crippen LogP contribution in [0.3, 0.4) is 0 Å². The number of rotatable bonds is 4. The number of alkyl halides is 3. The minimum absolute atomic E-state index is 0.0856. The van der Waals surface area contributed by atoms with E-state index in [4.69, 9.17) is 0 Å². The highest BCUT2D eigenvalue weighted by molar-refractivity contribution is 6.17. The summed E-state index contributed by atoms with van der Waals surface area (Å²) in [6.07, 6.45) is 0.837. The Morgan fingerprint density at radius 2 is 1.96 bits per heavy atom. The zero-order valence-corrected chi connectivity index (χ0v) is 15.4. The summed E-state index contributed by atoms with van der Waals surface area (Å²) in [7, 11) is 0. The Labute approximate surface area is 162 Å². The van der Waals surface area contributed by atoms with Crippen LogP contribution in [0.4, 0.5) is 18.9 Å².